The fourth-order valence-corrected chi connectivity index (χ4v) is 3.52. The van der Waals surface area contributed by atoms with E-state index >= 15 is 0 Å². The number of benzene rings is 1. The second-order valence-electron chi connectivity index (χ2n) is 7.59. The molecule has 1 atom stereocenters. The second-order valence-corrected chi connectivity index (χ2v) is 7.59. The average Bonchev–Trinajstić information content (AvgIpc) is 2.66. The number of carbonyl (C=O) groups excluding carboxylic acids is 1. The number of nitrogens with zero attached hydrogens (tertiary/aromatic N) is 2. The summed E-state index contributed by atoms with van der Waals surface area (Å²) in [5.74, 6) is 0. The number of aryl methyl sites for hydroxylation is 2. The normalized spacial score (nSPS) is 16.7. The third-order valence-electron chi connectivity index (χ3n) is 5.46. The lowest BCUT2D eigenvalue weighted by Crippen LogP contribution is -2.48. The predicted molar refractivity (Wildman–Crippen MR) is 109 cm³/mol. The molecular formula is C22H30N4O. The molecule has 0 radical (unpaired) electrons. The molecule has 1 aliphatic heterocycles. The number of hydrogen-bond acceptors (Lipinski definition) is 3. The SMILES string of the molecule is Cc1ccc(C(C)NC(=O)NC2CCN(Cc3ccncc3)CC2)cc1C. The molecule has 5 heteroatoms. The van der Waals surface area contributed by atoms with E-state index in [2.05, 4.69) is 64.7 Å². The smallest absolute Gasteiger partial charge is 0.315 e. The first-order valence-corrected chi connectivity index (χ1v) is 9.76. The highest BCUT2D eigenvalue weighted by Crippen LogP contribution is 2.17. The van der Waals surface area contributed by atoms with Crippen molar-refractivity contribution in [3.8, 4) is 0 Å². The van der Waals surface area contributed by atoms with Gasteiger partial charge >= 0.3 is 6.03 Å². The third-order valence-corrected chi connectivity index (χ3v) is 5.46. The summed E-state index contributed by atoms with van der Waals surface area (Å²) in [7, 11) is 0. The number of hydrogen-bond donors (Lipinski definition) is 2. The summed E-state index contributed by atoms with van der Waals surface area (Å²) in [5, 5.41) is 6.21. The van der Waals surface area contributed by atoms with E-state index in [0.717, 1.165) is 38.0 Å². The zero-order valence-corrected chi connectivity index (χ0v) is 16.5. The lowest BCUT2D eigenvalue weighted by Gasteiger charge is -2.32. The van der Waals surface area contributed by atoms with Gasteiger partial charge in [0.1, 0.15) is 0 Å². The van der Waals surface area contributed by atoms with Crippen LogP contribution in [-0.4, -0.2) is 35.0 Å². The Labute approximate surface area is 162 Å². The molecule has 1 aromatic heterocycles. The van der Waals surface area contributed by atoms with Gasteiger partial charge in [-0.05, 0) is 68.0 Å². The van der Waals surface area contributed by atoms with Crippen LogP contribution in [0.3, 0.4) is 0 Å². The maximum Gasteiger partial charge on any atom is 0.315 e. The molecule has 1 unspecified atom stereocenters. The molecule has 2 heterocycles. The van der Waals surface area contributed by atoms with E-state index in [1.54, 1.807) is 0 Å². The van der Waals surface area contributed by atoms with E-state index in [0.29, 0.717) is 0 Å². The number of aromatic nitrogens is 1. The van der Waals surface area contributed by atoms with Gasteiger partial charge in [-0.2, -0.15) is 0 Å². The fourth-order valence-electron chi connectivity index (χ4n) is 3.52. The van der Waals surface area contributed by atoms with E-state index in [1.807, 2.05) is 19.3 Å². The summed E-state index contributed by atoms with van der Waals surface area (Å²) in [6.45, 7) is 9.18. The maximum absolute atomic E-state index is 12.4. The minimum Gasteiger partial charge on any atom is -0.335 e. The summed E-state index contributed by atoms with van der Waals surface area (Å²) < 4.78 is 0. The molecule has 144 valence electrons. The van der Waals surface area contributed by atoms with Gasteiger partial charge in [-0.3, -0.25) is 9.88 Å². The summed E-state index contributed by atoms with van der Waals surface area (Å²) >= 11 is 0. The van der Waals surface area contributed by atoms with Crippen LogP contribution >= 0.6 is 0 Å². The zero-order chi connectivity index (χ0) is 19.2. The molecule has 0 aliphatic carbocycles. The van der Waals surface area contributed by atoms with Crippen molar-refractivity contribution >= 4 is 6.03 Å². The summed E-state index contributed by atoms with van der Waals surface area (Å²) in [6, 6.07) is 10.6. The number of likely N-dealkylation sites (tertiary alicyclic amines) is 1. The van der Waals surface area contributed by atoms with Crippen molar-refractivity contribution in [3.05, 3.63) is 65.0 Å². The van der Waals surface area contributed by atoms with Crippen molar-refractivity contribution in [2.45, 2.75) is 52.2 Å². The van der Waals surface area contributed by atoms with E-state index in [1.165, 1.54) is 16.7 Å². The molecule has 0 saturated carbocycles. The van der Waals surface area contributed by atoms with Crippen LogP contribution in [0, 0.1) is 13.8 Å². The van der Waals surface area contributed by atoms with Gasteiger partial charge in [-0.25, -0.2) is 4.79 Å². The van der Waals surface area contributed by atoms with Gasteiger partial charge in [-0.15, -0.1) is 0 Å². The van der Waals surface area contributed by atoms with Crippen LogP contribution in [-0.2, 0) is 6.54 Å². The van der Waals surface area contributed by atoms with Crippen LogP contribution in [0.25, 0.3) is 0 Å². The van der Waals surface area contributed by atoms with Crippen LogP contribution in [0.2, 0.25) is 0 Å². The van der Waals surface area contributed by atoms with Crippen molar-refractivity contribution in [1.82, 2.24) is 20.5 Å². The molecule has 0 spiro atoms. The molecule has 3 rings (SSSR count). The van der Waals surface area contributed by atoms with E-state index in [9.17, 15) is 4.79 Å². The van der Waals surface area contributed by atoms with Crippen LogP contribution in [0.15, 0.2) is 42.7 Å². The van der Waals surface area contributed by atoms with Crippen molar-refractivity contribution in [3.63, 3.8) is 0 Å². The van der Waals surface area contributed by atoms with Gasteiger partial charge in [0.25, 0.3) is 0 Å². The Hall–Kier alpha value is -2.40. The highest BCUT2D eigenvalue weighted by Gasteiger charge is 2.21. The quantitative estimate of drug-likeness (QED) is 0.848. The van der Waals surface area contributed by atoms with Crippen LogP contribution < -0.4 is 10.6 Å². The van der Waals surface area contributed by atoms with Gasteiger partial charge in [-0.1, -0.05) is 18.2 Å². The van der Waals surface area contributed by atoms with Gasteiger partial charge in [0.05, 0.1) is 6.04 Å². The van der Waals surface area contributed by atoms with Crippen LogP contribution in [0.4, 0.5) is 4.79 Å². The molecule has 1 saturated heterocycles. The highest BCUT2D eigenvalue weighted by atomic mass is 16.2. The minimum atomic E-state index is -0.0756. The number of piperidine rings is 1. The number of carbonyl (C=O) groups is 1. The molecule has 2 aromatic rings. The van der Waals surface area contributed by atoms with Gasteiger partial charge in [0.2, 0.25) is 0 Å². The third kappa shape index (κ3) is 5.54. The summed E-state index contributed by atoms with van der Waals surface area (Å²) in [4.78, 5) is 18.9. The first-order valence-electron chi connectivity index (χ1n) is 9.76. The van der Waals surface area contributed by atoms with Gasteiger partial charge in [0.15, 0.2) is 0 Å². The maximum atomic E-state index is 12.4. The monoisotopic (exact) mass is 366 g/mol. The number of nitrogens with one attached hydrogen (secondary N) is 2. The molecule has 1 aromatic carbocycles. The van der Waals surface area contributed by atoms with Crippen molar-refractivity contribution in [2.75, 3.05) is 13.1 Å². The minimum absolute atomic E-state index is 0.00363. The van der Waals surface area contributed by atoms with E-state index < -0.39 is 0 Å². The largest absolute Gasteiger partial charge is 0.335 e. The zero-order valence-electron chi connectivity index (χ0n) is 16.5. The van der Waals surface area contributed by atoms with Crippen molar-refractivity contribution in [2.24, 2.45) is 0 Å². The topological polar surface area (TPSA) is 57.3 Å². The molecule has 5 nitrogen and oxygen atoms in total. The number of amides is 2. The molecule has 1 aliphatic rings. The van der Waals surface area contributed by atoms with Crippen LogP contribution in [0.5, 0.6) is 0 Å². The molecule has 0 bridgehead atoms. The van der Waals surface area contributed by atoms with Crippen molar-refractivity contribution < 1.29 is 4.79 Å². The second kappa shape index (κ2) is 9.00. The lowest BCUT2D eigenvalue weighted by atomic mass is 10.0. The predicted octanol–water partition coefficient (Wildman–Crippen LogP) is 3.72. The number of pyridine rings is 1. The van der Waals surface area contributed by atoms with Gasteiger partial charge < -0.3 is 10.6 Å². The Bertz CT molecular complexity index is 754. The Balaban J connectivity index is 1.43. The van der Waals surface area contributed by atoms with E-state index in [4.69, 9.17) is 0 Å². The fraction of sp³-hybridized carbons (Fsp3) is 0.455. The summed E-state index contributed by atoms with van der Waals surface area (Å²) in [5.41, 5.74) is 4.95. The first-order chi connectivity index (χ1) is 13.0. The van der Waals surface area contributed by atoms with Crippen LogP contribution in [0.1, 0.15) is 48.1 Å². The molecular weight excluding hydrogens is 336 g/mol. The van der Waals surface area contributed by atoms with E-state index in [-0.39, 0.29) is 18.1 Å². The Morgan fingerprint density at radius 1 is 1.15 bits per heavy atom. The Morgan fingerprint density at radius 3 is 2.52 bits per heavy atom. The molecule has 27 heavy (non-hydrogen) atoms. The standard InChI is InChI=1S/C22H30N4O/c1-16-4-5-20(14-17(16)2)18(3)24-22(27)25-21-8-12-26(13-9-21)15-19-6-10-23-11-7-19/h4-7,10-11,14,18,21H,8-9,12-13,15H2,1-3H3,(H2,24,25,27). The lowest BCUT2D eigenvalue weighted by molar-refractivity contribution is 0.186. The average molecular weight is 367 g/mol. The Kier molecular flexibility index (Phi) is 6.45. The van der Waals surface area contributed by atoms with Gasteiger partial charge in [0, 0.05) is 38.1 Å². The number of rotatable bonds is 5. The molecule has 2 amide bonds. The molecule has 1 fully saturated rings. The highest BCUT2D eigenvalue weighted by molar-refractivity contribution is 5.74. The summed E-state index contributed by atoms with van der Waals surface area (Å²) in [6.07, 6.45) is 5.64. The number of urea groups is 1. The Morgan fingerprint density at radius 2 is 1.85 bits per heavy atom. The first kappa shape index (κ1) is 19.4. The molecule has 2 N–H and O–H groups in total. The van der Waals surface area contributed by atoms with Crippen molar-refractivity contribution in [1.29, 1.82) is 0 Å².